The third-order valence-electron chi connectivity index (χ3n) is 7.10. The predicted octanol–water partition coefficient (Wildman–Crippen LogP) is 5.51. The van der Waals surface area contributed by atoms with Gasteiger partial charge in [-0.1, -0.05) is 23.7 Å². The van der Waals surface area contributed by atoms with Gasteiger partial charge in [0.05, 0.1) is 17.8 Å². The number of nitrogens with one attached hydrogen (secondary N) is 1. The number of aryl methyl sites for hydroxylation is 2. The molecule has 2 atom stereocenters. The Morgan fingerprint density at radius 1 is 1.19 bits per heavy atom. The van der Waals surface area contributed by atoms with Gasteiger partial charge in [-0.05, 0) is 55.0 Å². The van der Waals surface area contributed by atoms with Crippen molar-refractivity contribution in [3.63, 3.8) is 0 Å². The lowest BCUT2D eigenvalue weighted by Crippen LogP contribution is -2.16. The summed E-state index contributed by atoms with van der Waals surface area (Å²) in [6.07, 6.45) is 6.27. The van der Waals surface area contributed by atoms with Crippen LogP contribution in [0.2, 0.25) is 5.02 Å². The number of halogens is 2. The minimum absolute atomic E-state index is 0.0463. The molecule has 1 amide bonds. The smallest absolute Gasteiger partial charge is 0.261 e. The van der Waals surface area contributed by atoms with Crippen LogP contribution in [0.4, 0.5) is 15.9 Å². The monoisotopic (exact) mass is 522 g/mol. The Kier molecular flexibility index (Phi) is 6.64. The maximum Gasteiger partial charge on any atom is 0.261 e. The zero-order valence-corrected chi connectivity index (χ0v) is 21.6. The van der Waals surface area contributed by atoms with Gasteiger partial charge in [-0.25, -0.2) is 9.37 Å². The van der Waals surface area contributed by atoms with E-state index in [1.54, 1.807) is 20.4 Å². The molecule has 1 aliphatic rings. The highest BCUT2D eigenvalue weighted by Crippen LogP contribution is 2.47. The van der Waals surface area contributed by atoms with Gasteiger partial charge in [0, 0.05) is 43.7 Å². The van der Waals surface area contributed by atoms with Gasteiger partial charge in [0.2, 0.25) is 0 Å². The van der Waals surface area contributed by atoms with Crippen LogP contribution < -0.4 is 15.8 Å². The number of benzene rings is 2. The van der Waals surface area contributed by atoms with Crippen molar-refractivity contribution in [1.82, 2.24) is 19.3 Å². The Morgan fingerprint density at radius 3 is 2.68 bits per heavy atom. The van der Waals surface area contributed by atoms with Gasteiger partial charge < -0.3 is 20.4 Å². The van der Waals surface area contributed by atoms with E-state index in [0.29, 0.717) is 16.9 Å². The van der Waals surface area contributed by atoms with Crippen molar-refractivity contribution in [2.75, 3.05) is 18.2 Å². The number of carbonyl (C=O) groups excluding carboxylic acids is 1. The lowest BCUT2D eigenvalue weighted by atomic mass is 9.92. The van der Waals surface area contributed by atoms with Crippen LogP contribution in [-0.4, -0.2) is 32.3 Å². The van der Waals surface area contributed by atoms with E-state index in [9.17, 15) is 9.18 Å². The number of hydrogen-bond donors (Lipinski definition) is 2. The van der Waals surface area contributed by atoms with Crippen LogP contribution in [0.15, 0.2) is 48.8 Å². The van der Waals surface area contributed by atoms with Crippen molar-refractivity contribution in [3.05, 3.63) is 76.5 Å². The summed E-state index contributed by atoms with van der Waals surface area (Å²) in [7, 11) is 5.36. The molecule has 2 aromatic heterocycles. The zero-order chi connectivity index (χ0) is 26.3. The molecule has 3 N–H and O–H groups in total. The molecule has 5 rings (SSSR count). The van der Waals surface area contributed by atoms with E-state index in [4.69, 9.17) is 22.1 Å². The van der Waals surface area contributed by atoms with Crippen molar-refractivity contribution in [2.24, 2.45) is 14.1 Å². The molecule has 1 aliphatic carbocycles. The molecule has 37 heavy (non-hydrogen) atoms. The van der Waals surface area contributed by atoms with Gasteiger partial charge in [-0.2, -0.15) is 5.10 Å². The van der Waals surface area contributed by atoms with Crippen LogP contribution in [0.1, 0.15) is 52.7 Å². The van der Waals surface area contributed by atoms with Gasteiger partial charge in [-0.3, -0.25) is 9.48 Å². The fourth-order valence-electron chi connectivity index (χ4n) is 5.19. The van der Waals surface area contributed by atoms with E-state index in [2.05, 4.69) is 27.5 Å². The molecule has 10 heteroatoms. The third kappa shape index (κ3) is 4.67. The van der Waals surface area contributed by atoms with Crippen molar-refractivity contribution >= 4 is 29.0 Å². The van der Waals surface area contributed by atoms with Crippen LogP contribution in [0.25, 0.3) is 11.4 Å². The van der Waals surface area contributed by atoms with Gasteiger partial charge in [0.15, 0.2) is 0 Å². The van der Waals surface area contributed by atoms with Gasteiger partial charge in [-0.15, -0.1) is 0 Å². The first kappa shape index (κ1) is 24.8. The Balaban J connectivity index is 1.39. The first-order valence-corrected chi connectivity index (χ1v) is 12.4. The second-order valence-electron chi connectivity index (χ2n) is 9.38. The van der Waals surface area contributed by atoms with E-state index >= 15 is 0 Å². The molecular weight excluding hydrogens is 495 g/mol. The molecular formula is C27H28ClFN6O2. The summed E-state index contributed by atoms with van der Waals surface area (Å²) in [5, 5.41) is 7.32. The molecule has 4 aromatic rings. The highest BCUT2D eigenvalue weighted by atomic mass is 35.5. The van der Waals surface area contributed by atoms with E-state index in [0.717, 1.165) is 42.0 Å². The molecule has 1 saturated carbocycles. The van der Waals surface area contributed by atoms with E-state index in [-0.39, 0.29) is 22.7 Å². The summed E-state index contributed by atoms with van der Waals surface area (Å²) in [5.74, 6) is 1.30. The first-order chi connectivity index (χ1) is 17.8. The number of nitrogens with zero attached hydrogens (tertiary/aromatic N) is 4. The largest absolute Gasteiger partial charge is 0.496 e. The minimum atomic E-state index is -0.554. The van der Waals surface area contributed by atoms with Crippen molar-refractivity contribution in [2.45, 2.75) is 31.1 Å². The van der Waals surface area contributed by atoms with Crippen molar-refractivity contribution in [1.29, 1.82) is 0 Å². The summed E-state index contributed by atoms with van der Waals surface area (Å²) in [5.41, 5.74) is 9.77. The number of nitrogen functional groups attached to an aromatic ring is 1. The quantitative estimate of drug-likeness (QED) is 0.348. The Morgan fingerprint density at radius 2 is 1.97 bits per heavy atom. The van der Waals surface area contributed by atoms with Crippen LogP contribution in [0.5, 0.6) is 5.75 Å². The zero-order valence-electron chi connectivity index (χ0n) is 20.8. The Hall–Kier alpha value is -3.85. The van der Waals surface area contributed by atoms with Gasteiger partial charge in [0.1, 0.15) is 28.8 Å². The molecule has 0 saturated heterocycles. The molecule has 2 heterocycles. The molecule has 8 nitrogen and oxygen atoms in total. The Labute approximate surface area is 219 Å². The van der Waals surface area contributed by atoms with Gasteiger partial charge >= 0.3 is 0 Å². The van der Waals surface area contributed by atoms with E-state index in [1.807, 2.05) is 23.9 Å². The van der Waals surface area contributed by atoms with Crippen molar-refractivity contribution in [3.8, 4) is 17.1 Å². The molecule has 0 aliphatic heterocycles. The molecule has 0 radical (unpaired) electrons. The fourth-order valence-corrected chi connectivity index (χ4v) is 5.37. The average molecular weight is 523 g/mol. The van der Waals surface area contributed by atoms with E-state index in [1.165, 1.54) is 22.9 Å². The lowest BCUT2D eigenvalue weighted by molar-refractivity contribution is 0.102. The number of methoxy groups -OCH3 is 1. The topological polar surface area (TPSA) is 100.0 Å². The molecule has 192 valence electrons. The van der Waals surface area contributed by atoms with Crippen LogP contribution >= 0.6 is 11.6 Å². The summed E-state index contributed by atoms with van der Waals surface area (Å²) >= 11 is 5.88. The molecule has 1 fully saturated rings. The summed E-state index contributed by atoms with van der Waals surface area (Å²) in [4.78, 5) is 17.7. The van der Waals surface area contributed by atoms with Crippen LogP contribution in [0, 0.1) is 5.82 Å². The molecule has 0 unspecified atom stereocenters. The number of imidazole rings is 1. The van der Waals surface area contributed by atoms with Crippen LogP contribution in [0.3, 0.4) is 0 Å². The number of hydrogen-bond acceptors (Lipinski definition) is 5. The number of anilines is 2. The normalized spacial score (nSPS) is 17.2. The number of nitrogens with two attached hydrogens (primary N) is 1. The molecule has 0 spiro atoms. The highest BCUT2D eigenvalue weighted by Gasteiger charge is 2.34. The third-order valence-corrected chi connectivity index (χ3v) is 7.38. The second kappa shape index (κ2) is 9.89. The molecule has 0 bridgehead atoms. The summed E-state index contributed by atoms with van der Waals surface area (Å²) < 4.78 is 22.8. The lowest BCUT2D eigenvalue weighted by Gasteiger charge is -2.16. The number of rotatable bonds is 6. The van der Waals surface area contributed by atoms with Gasteiger partial charge in [0.25, 0.3) is 5.91 Å². The number of ether oxygens (including phenoxy) is 1. The SMILES string of the molecule is COc1cc(-c2nccn2C)ccc1[C@H]1CC[C@@H](c2nn(C)c(N)c2C(=O)Nc2ccc(F)c(Cl)c2)C1. The fraction of sp³-hybridized carbons (Fsp3) is 0.296. The maximum atomic E-state index is 13.5. The second-order valence-corrected chi connectivity index (χ2v) is 9.78. The van der Waals surface area contributed by atoms with Crippen LogP contribution in [-0.2, 0) is 14.1 Å². The number of aromatic nitrogens is 4. The number of amides is 1. The van der Waals surface area contributed by atoms with E-state index < -0.39 is 11.7 Å². The first-order valence-electron chi connectivity index (χ1n) is 12.0. The summed E-state index contributed by atoms with van der Waals surface area (Å²) in [6, 6.07) is 10.2. The maximum absolute atomic E-state index is 13.5. The Bertz CT molecular complexity index is 1480. The molecule has 2 aromatic carbocycles. The van der Waals surface area contributed by atoms with Crippen molar-refractivity contribution < 1.29 is 13.9 Å². The predicted molar refractivity (Wildman–Crippen MR) is 142 cm³/mol. The highest BCUT2D eigenvalue weighted by molar-refractivity contribution is 6.31. The average Bonchev–Trinajstić information content (AvgIpc) is 3.60. The summed E-state index contributed by atoms with van der Waals surface area (Å²) in [6.45, 7) is 0. The minimum Gasteiger partial charge on any atom is -0.496 e. The number of carbonyl (C=O) groups is 1. The standard InChI is InChI=1S/C27H28ClFN6O2/c1-34-11-10-31-26(34)17-6-8-19(22(13-17)37-3)15-4-5-16(12-15)24-23(25(30)35(2)33-24)27(36)32-18-7-9-21(29)20(28)14-18/h6-11,13-16H,4-5,12,30H2,1-3H3,(H,32,36)/t15-,16+/m0/s1.